The lowest BCUT2D eigenvalue weighted by atomic mass is 10.3. The summed E-state index contributed by atoms with van der Waals surface area (Å²) in [5.74, 6) is 1.41. The molecule has 2 N–H and O–H groups in total. The van der Waals surface area contributed by atoms with Gasteiger partial charge in [0.1, 0.15) is 11.6 Å². The molecule has 0 aliphatic rings. The molecule has 6 heteroatoms. The molecule has 1 heterocycles. The first-order chi connectivity index (χ1) is 10.0. The third-order valence-corrected chi connectivity index (χ3v) is 2.78. The van der Waals surface area contributed by atoms with Crippen LogP contribution < -0.4 is 15.5 Å². The fourth-order valence-electron chi connectivity index (χ4n) is 1.78. The molecule has 0 saturated carbocycles. The molecule has 0 atom stereocenters. The molecular formula is C15H19N5O. The van der Waals surface area contributed by atoms with Crippen molar-refractivity contribution in [3.63, 3.8) is 0 Å². The van der Waals surface area contributed by atoms with Crippen LogP contribution >= 0.6 is 0 Å². The van der Waals surface area contributed by atoms with Gasteiger partial charge in [0.25, 0.3) is 0 Å². The van der Waals surface area contributed by atoms with E-state index in [1.54, 1.807) is 0 Å². The van der Waals surface area contributed by atoms with Crippen molar-refractivity contribution >= 4 is 17.5 Å². The van der Waals surface area contributed by atoms with Crippen LogP contribution in [0, 0.1) is 6.92 Å². The second-order valence-corrected chi connectivity index (χ2v) is 4.85. The van der Waals surface area contributed by atoms with E-state index >= 15 is 0 Å². The Hall–Kier alpha value is -2.63. The molecule has 0 aliphatic carbocycles. The maximum atomic E-state index is 11.8. The van der Waals surface area contributed by atoms with Crippen LogP contribution in [0.4, 0.5) is 16.3 Å². The number of hydrogen-bond acceptors (Lipinski definition) is 4. The summed E-state index contributed by atoms with van der Waals surface area (Å²) in [5.41, 5.74) is 1.61. The number of carbonyl (C=O) groups is 1. The first-order valence-corrected chi connectivity index (χ1v) is 6.66. The van der Waals surface area contributed by atoms with Gasteiger partial charge in [-0.25, -0.2) is 14.8 Å². The van der Waals surface area contributed by atoms with Gasteiger partial charge in [-0.3, -0.25) is 0 Å². The summed E-state index contributed by atoms with van der Waals surface area (Å²) in [6.07, 6.45) is 0. The smallest absolute Gasteiger partial charge is 0.319 e. The van der Waals surface area contributed by atoms with E-state index in [1.165, 1.54) is 0 Å². The lowest BCUT2D eigenvalue weighted by Crippen LogP contribution is -2.29. The van der Waals surface area contributed by atoms with Crippen LogP contribution in [0.1, 0.15) is 11.5 Å². The highest BCUT2D eigenvalue weighted by molar-refractivity contribution is 5.89. The van der Waals surface area contributed by atoms with Crippen molar-refractivity contribution < 1.29 is 4.79 Å². The van der Waals surface area contributed by atoms with Crippen LogP contribution in [0.25, 0.3) is 0 Å². The number of aryl methyl sites for hydroxylation is 1. The maximum Gasteiger partial charge on any atom is 0.319 e. The number of aromatic nitrogens is 2. The maximum absolute atomic E-state index is 11.8. The summed E-state index contributed by atoms with van der Waals surface area (Å²) >= 11 is 0. The first-order valence-electron chi connectivity index (χ1n) is 6.66. The average Bonchev–Trinajstić information content (AvgIpc) is 2.45. The monoisotopic (exact) mass is 285 g/mol. The van der Waals surface area contributed by atoms with E-state index in [2.05, 4.69) is 20.6 Å². The number of anilines is 2. The molecule has 2 amide bonds. The largest absolute Gasteiger partial charge is 0.363 e. The van der Waals surface area contributed by atoms with Gasteiger partial charge in [0.05, 0.1) is 6.54 Å². The summed E-state index contributed by atoms with van der Waals surface area (Å²) in [4.78, 5) is 22.4. The SMILES string of the molecule is Cc1cc(N(C)C)nc(CNC(=O)Nc2ccccc2)n1. The number of hydrogen-bond donors (Lipinski definition) is 2. The highest BCUT2D eigenvalue weighted by Crippen LogP contribution is 2.09. The van der Waals surface area contributed by atoms with E-state index < -0.39 is 0 Å². The third-order valence-electron chi connectivity index (χ3n) is 2.78. The molecule has 0 saturated heterocycles. The van der Waals surface area contributed by atoms with Gasteiger partial charge < -0.3 is 15.5 Å². The Morgan fingerprint density at radius 1 is 1.19 bits per heavy atom. The van der Waals surface area contributed by atoms with Crippen LogP contribution in [-0.2, 0) is 6.54 Å². The summed E-state index contributed by atoms with van der Waals surface area (Å²) < 4.78 is 0. The third kappa shape index (κ3) is 4.45. The standard InChI is InChI=1S/C15H19N5O/c1-11-9-14(20(2)3)19-13(17-11)10-16-15(21)18-12-7-5-4-6-8-12/h4-9H,10H2,1-3H3,(H2,16,18,21). The molecule has 0 aliphatic heterocycles. The zero-order valence-electron chi connectivity index (χ0n) is 12.4. The number of nitrogens with zero attached hydrogens (tertiary/aromatic N) is 3. The number of para-hydroxylation sites is 1. The fraction of sp³-hybridized carbons (Fsp3) is 0.267. The molecule has 6 nitrogen and oxygen atoms in total. The normalized spacial score (nSPS) is 10.0. The molecule has 0 spiro atoms. The highest BCUT2D eigenvalue weighted by atomic mass is 16.2. The van der Waals surface area contributed by atoms with Crippen molar-refractivity contribution in [2.75, 3.05) is 24.3 Å². The van der Waals surface area contributed by atoms with E-state index in [0.29, 0.717) is 5.82 Å². The molecule has 0 radical (unpaired) electrons. The van der Waals surface area contributed by atoms with E-state index in [-0.39, 0.29) is 12.6 Å². The van der Waals surface area contributed by atoms with Crippen molar-refractivity contribution in [1.82, 2.24) is 15.3 Å². The molecule has 1 aromatic heterocycles. The summed E-state index contributed by atoms with van der Waals surface area (Å²) in [7, 11) is 3.84. The molecule has 21 heavy (non-hydrogen) atoms. The second-order valence-electron chi connectivity index (χ2n) is 4.85. The highest BCUT2D eigenvalue weighted by Gasteiger charge is 2.06. The average molecular weight is 285 g/mol. The van der Waals surface area contributed by atoms with Crippen LogP contribution in [0.3, 0.4) is 0 Å². The number of urea groups is 1. The van der Waals surface area contributed by atoms with E-state index in [1.807, 2.05) is 62.3 Å². The van der Waals surface area contributed by atoms with E-state index in [0.717, 1.165) is 17.2 Å². The molecule has 110 valence electrons. The summed E-state index contributed by atoms with van der Waals surface area (Å²) in [6.45, 7) is 2.18. The van der Waals surface area contributed by atoms with Gasteiger partial charge in [-0.1, -0.05) is 18.2 Å². The predicted molar refractivity (Wildman–Crippen MR) is 83.4 cm³/mol. The second kappa shape index (κ2) is 6.69. The lowest BCUT2D eigenvalue weighted by Gasteiger charge is -2.13. The predicted octanol–water partition coefficient (Wildman–Crippen LogP) is 2.17. The Morgan fingerprint density at radius 3 is 2.57 bits per heavy atom. The molecule has 1 aromatic carbocycles. The summed E-state index contributed by atoms with van der Waals surface area (Å²) in [5, 5.41) is 5.50. The van der Waals surface area contributed by atoms with Gasteiger partial charge in [-0.2, -0.15) is 0 Å². The Bertz CT molecular complexity index is 613. The van der Waals surface area contributed by atoms with Crippen LogP contribution in [0.15, 0.2) is 36.4 Å². The lowest BCUT2D eigenvalue weighted by molar-refractivity contribution is 0.251. The molecule has 2 rings (SSSR count). The number of benzene rings is 1. The van der Waals surface area contributed by atoms with Crippen molar-refractivity contribution in [1.29, 1.82) is 0 Å². The minimum absolute atomic E-state index is 0.279. The summed E-state index contributed by atoms with van der Waals surface area (Å²) in [6, 6.07) is 10.9. The molecule has 2 aromatic rings. The molecular weight excluding hydrogens is 266 g/mol. The molecule has 0 unspecified atom stereocenters. The number of nitrogens with one attached hydrogen (secondary N) is 2. The zero-order chi connectivity index (χ0) is 15.2. The minimum Gasteiger partial charge on any atom is -0.363 e. The topological polar surface area (TPSA) is 70.2 Å². The van der Waals surface area contributed by atoms with Gasteiger partial charge in [0.15, 0.2) is 0 Å². The number of rotatable bonds is 4. The minimum atomic E-state index is -0.280. The Labute approximate surface area is 124 Å². The van der Waals surface area contributed by atoms with Crippen LogP contribution in [-0.4, -0.2) is 30.1 Å². The Morgan fingerprint density at radius 2 is 1.90 bits per heavy atom. The first kappa shape index (κ1) is 14.8. The van der Waals surface area contributed by atoms with Gasteiger partial charge in [-0.05, 0) is 19.1 Å². The molecule has 0 fully saturated rings. The van der Waals surface area contributed by atoms with E-state index in [4.69, 9.17) is 0 Å². The molecule has 0 bridgehead atoms. The van der Waals surface area contributed by atoms with Crippen molar-refractivity contribution in [2.24, 2.45) is 0 Å². The van der Waals surface area contributed by atoms with Crippen LogP contribution in [0.2, 0.25) is 0 Å². The zero-order valence-corrected chi connectivity index (χ0v) is 12.4. The van der Waals surface area contributed by atoms with Crippen molar-refractivity contribution in [3.8, 4) is 0 Å². The van der Waals surface area contributed by atoms with Gasteiger partial charge in [0, 0.05) is 31.5 Å². The fourth-order valence-corrected chi connectivity index (χ4v) is 1.78. The van der Waals surface area contributed by atoms with E-state index in [9.17, 15) is 4.79 Å². The van der Waals surface area contributed by atoms with Crippen molar-refractivity contribution in [3.05, 3.63) is 47.9 Å². The van der Waals surface area contributed by atoms with Gasteiger partial charge in [-0.15, -0.1) is 0 Å². The Kier molecular flexibility index (Phi) is 4.71. The number of carbonyl (C=O) groups excluding carboxylic acids is 1. The van der Waals surface area contributed by atoms with Crippen LogP contribution in [0.5, 0.6) is 0 Å². The Balaban J connectivity index is 1.95. The van der Waals surface area contributed by atoms with Gasteiger partial charge in [0.2, 0.25) is 0 Å². The van der Waals surface area contributed by atoms with Gasteiger partial charge >= 0.3 is 6.03 Å². The number of amides is 2. The quantitative estimate of drug-likeness (QED) is 0.903. The van der Waals surface area contributed by atoms with Crippen molar-refractivity contribution in [2.45, 2.75) is 13.5 Å².